The molecule has 3 aromatic rings. The number of benzene rings is 1. The van der Waals surface area contributed by atoms with Gasteiger partial charge in [-0.3, -0.25) is 4.79 Å². The number of aromatic nitrogens is 2. The van der Waals surface area contributed by atoms with Gasteiger partial charge in [0, 0.05) is 61.7 Å². The molecule has 4 heterocycles. The molecule has 0 saturated carbocycles. The average Bonchev–Trinajstić information content (AvgIpc) is 3.35. The molecule has 2 N–H and O–H groups in total. The molecule has 2 aromatic heterocycles. The maximum absolute atomic E-state index is 12.5. The lowest BCUT2D eigenvalue weighted by Gasteiger charge is -2.34. The maximum atomic E-state index is 12.5. The molecular formula is C24H29N5O. The van der Waals surface area contributed by atoms with Gasteiger partial charge in [0.1, 0.15) is 5.65 Å². The normalized spacial score (nSPS) is 20.6. The smallest absolute Gasteiger partial charge is 0.252 e. The topological polar surface area (TPSA) is 62.2 Å². The van der Waals surface area contributed by atoms with Crippen LogP contribution in [-0.2, 0) is 13.0 Å². The van der Waals surface area contributed by atoms with E-state index in [4.69, 9.17) is 0 Å². The summed E-state index contributed by atoms with van der Waals surface area (Å²) in [4.78, 5) is 19.5. The average molecular weight is 404 g/mol. The van der Waals surface area contributed by atoms with Crippen molar-refractivity contribution in [3.63, 3.8) is 0 Å². The number of amides is 1. The Morgan fingerprint density at radius 2 is 1.93 bits per heavy atom. The third-order valence-electron chi connectivity index (χ3n) is 6.42. The van der Waals surface area contributed by atoms with E-state index in [-0.39, 0.29) is 5.91 Å². The van der Waals surface area contributed by atoms with E-state index in [1.807, 2.05) is 18.3 Å². The second kappa shape index (κ2) is 8.11. The summed E-state index contributed by atoms with van der Waals surface area (Å²) in [6.07, 6.45) is 7.09. The molecule has 6 heteroatoms. The predicted molar refractivity (Wildman–Crippen MR) is 120 cm³/mol. The highest BCUT2D eigenvalue weighted by molar-refractivity contribution is 5.96. The number of nitrogens with one attached hydrogen (secondary N) is 2. The quantitative estimate of drug-likeness (QED) is 0.664. The van der Waals surface area contributed by atoms with Crippen molar-refractivity contribution >= 4 is 22.6 Å². The van der Waals surface area contributed by atoms with E-state index in [9.17, 15) is 4.79 Å². The molecule has 2 fully saturated rings. The minimum Gasteiger partial charge on any atom is -0.368 e. The number of carbonyl (C=O) groups is 1. The summed E-state index contributed by atoms with van der Waals surface area (Å²) in [6.45, 7) is 5.78. The van der Waals surface area contributed by atoms with E-state index in [0.717, 1.165) is 37.1 Å². The Labute approximate surface area is 177 Å². The van der Waals surface area contributed by atoms with Gasteiger partial charge < -0.3 is 20.1 Å². The standard InChI is InChI=1S/C24H29N5O/c1-2-28-12-10-18-13-19(14-26-23(18)28)24(30)25-11-9-17-3-7-22(8-4-17)29-15-20-5-6-21(16-29)27-20/h3-4,7-8,10,12-14,20-21,27H,2,5-6,9,11,15-16H2,1H3,(H,25,30)/t20-,21+. The molecule has 1 aromatic carbocycles. The summed E-state index contributed by atoms with van der Waals surface area (Å²) in [5, 5.41) is 7.71. The lowest BCUT2D eigenvalue weighted by molar-refractivity contribution is 0.0954. The molecule has 0 radical (unpaired) electrons. The highest BCUT2D eigenvalue weighted by Gasteiger charge is 2.32. The molecule has 156 valence electrons. The van der Waals surface area contributed by atoms with Gasteiger partial charge in [-0.15, -0.1) is 0 Å². The van der Waals surface area contributed by atoms with E-state index in [2.05, 4.69) is 56.3 Å². The number of aryl methyl sites for hydroxylation is 1. The van der Waals surface area contributed by atoms with E-state index in [1.54, 1.807) is 6.20 Å². The zero-order valence-corrected chi connectivity index (χ0v) is 17.5. The Kier molecular flexibility index (Phi) is 5.17. The molecular weight excluding hydrogens is 374 g/mol. The first kappa shape index (κ1) is 19.1. The van der Waals surface area contributed by atoms with Crippen LogP contribution in [-0.4, -0.2) is 47.2 Å². The number of rotatable bonds is 6. The van der Waals surface area contributed by atoms with Crippen molar-refractivity contribution in [2.24, 2.45) is 0 Å². The second-order valence-corrected chi connectivity index (χ2v) is 8.45. The van der Waals surface area contributed by atoms with Crippen LogP contribution < -0.4 is 15.5 Å². The molecule has 2 aliphatic heterocycles. The number of piperazine rings is 1. The van der Waals surface area contributed by atoms with Crippen LogP contribution in [0.4, 0.5) is 5.69 Å². The molecule has 2 bridgehead atoms. The molecule has 2 saturated heterocycles. The van der Waals surface area contributed by atoms with Gasteiger partial charge in [-0.05, 0) is 56.0 Å². The number of hydrogen-bond acceptors (Lipinski definition) is 4. The third-order valence-corrected chi connectivity index (χ3v) is 6.42. The minimum absolute atomic E-state index is 0.0680. The summed E-state index contributed by atoms with van der Waals surface area (Å²) in [7, 11) is 0. The van der Waals surface area contributed by atoms with Crippen LogP contribution in [0.25, 0.3) is 11.0 Å². The fraction of sp³-hybridized carbons (Fsp3) is 0.417. The number of fused-ring (bicyclic) bond motifs is 3. The second-order valence-electron chi connectivity index (χ2n) is 8.45. The zero-order chi connectivity index (χ0) is 20.5. The van der Waals surface area contributed by atoms with Crippen LogP contribution >= 0.6 is 0 Å². The van der Waals surface area contributed by atoms with Gasteiger partial charge >= 0.3 is 0 Å². The van der Waals surface area contributed by atoms with Crippen molar-refractivity contribution in [1.82, 2.24) is 20.2 Å². The maximum Gasteiger partial charge on any atom is 0.252 e. The summed E-state index contributed by atoms with van der Waals surface area (Å²) in [6, 6.07) is 14.0. The van der Waals surface area contributed by atoms with Gasteiger partial charge in [-0.2, -0.15) is 0 Å². The van der Waals surface area contributed by atoms with Gasteiger partial charge in [0.05, 0.1) is 5.56 Å². The monoisotopic (exact) mass is 403 g/mol. The van der Waals surface area contributed by atoms with Crippen LogP contribution in [0.3, 0.4) is 0 Å². The number of nitrogens with zero attached hydrogens (tertiary/aromatic N) is 3. The van der Waals surface area contributed by atoms with Gasteiger partial charge in [-0.25, -0.2) is 4.98 Å². The van der Waals surface area contributed by atoms with Crippen molar-refractivity contribution < 1.29 is 4.79 Å². The molecule has 6 nitrogen and oxygen atoms in total. The zero-order valence-electron chi connectivity index (χ0n) is 17.5. The Bertz CT molecular complexity index is 1030. The van der Waals surface area contributed by atoms with Crippen LogP contribution in [0, 0.1) is 0 Å². The first-order chi connectivity index (χ1) is 14.7. The Hall–Kier alpha value is -2.86. The van der Waals surface area contributed by atoms with E-state index in [0.29, 0.717) is 24.2 Å². The van der Waals surface area contributed by atoms with E-state index in [1.165, 1.54) is 24.1 Å². The number of carbonyl (C=O) groups excluding carboxylic acids is 1. The minimum atomic E-state index is -0.0680. The molecule has 2 aliphatic rings. The molecule has 0 aliphatic carbocycles. The Morgan fingerprint density at radius 3 is 2.67 bits per heavy atom. The van der Waals surface area contributed by atoms with Gasteiger partial charge in [0.25, 0.3) is 5.91 Å². The van der Waals surface area contributed by atoms with Crippen LogP contribution in [0.5, 0.6) is 0 Å². The lowest BCUT2D eigenvalue weighted by atomic mass is 10.1. The highest BCUT2D eigenvalue weighted by atomic mass is 16.1. The van der Waals surface area contributed by atoms with Crippen LogP contribution in [0.1, 0.15) is 35.7 Å². The molecule has 0 unspecified atom stereocenters. The molecule has 1 amide bonds. The third kappa shape index (κ3) is 3.79. The molecule has 30 heavy (non-hydrogen) atoms. The highest BCUT2D eigenvalue weighted by Crippen LogP contribution is 2.25. The van der Waals surface area contributed by atoms with Gasteiger partial charge in [0.2, 0.25) is 0 Å². The Balaban J connectivity index is 1.15. The largest absolute Gasteiger partial charge is 0.368 e. The number of hydrogen-bond donors (Lipinski definition) is 2. The molecule has 0 spiro atoms. The van der Waals surface area contributed by atoms with Crippen molar-refractivity contribution in [3.05, 3.63) is 59.9 Å². The van der Waals surface area contributed by atoms with Crippen LogP contribution in [0.15, 0.2) is 48.8 Å². The van der Waals surface area contributed by atoms with Gasteiger partial charge in [0.15, 0.2) is 0 Å². The molecule has 5 rings (SSSR count). The number of pyridine rings is 1. The van der Waals surface area contributed by atoms with Crippen molar-refractivity contribution in [2.45, 2.75) is 44.8 Å². The molecule has 2 atom stereocenters. The fourth-order valence-electron chi connectivity index (χ4n) is 4.76. The summed E-state index contributed by atoms with van der Waals surface area (Å²) < 4.78 is 2.08. The van der Waals surface area contributed by atoms with Crippen molar-refractivity contribution in [1.29, 1.82) is 0 Å². The van der Waals surface area contributed by atoms with Crippen molar-refractivity contribution in [3.8, 4) is 0 Å². The SMILES string of the molecule is CCn1ccc2cc(C(=O)NCCc3ccc(N4C[C@H]5CC[C@@H](C4)N5)cc3)cnc21. The number of anilines is 1. The van der Waals surface area contributed by atoms with E-state index < -0.39 is 0 Å². The predicted octanol–water partition coefficient (Wildman–Crippen LogP) is 2.97. The first-order valence-corrected chi connectivity index (χ1v) is 11.0. The summed E-state index contributed by atoms with van der Waals surface area (Å²) >= 11 is 0. The van der Waals surface area contributed by atoms with Crippen molar-refractivity contribution in [2.75, 3.05) is 24.5 Å². The lowest BCUT2D eigenvalue weighted by Crippen LogP contribution is -2.51. The summed E-state index contributed by atoms with van der Waals surface area (Å²) in [5.74, 6) is -0.0680. The van der Waals surface area contributed by atoms with Crippen LogP contribution in [0.2, 0.25) is 0 Å². The summed E-state index contributed by atoms with van der Waals surface area (Å²) in [5.41, 5.74) is 4.08. The van der Waals surface area contributed by atoms with Gasteiger partial charge in [-0.1, -0.05) is 12.1 Å². The Morgan fingerprint density at radius 1 is 1.17 bits per heavy atom. The fourth-order valence-corrected chi connectivity index (χ4v) is 4.76. The van der Waals surface area contributed by atoms with E-state index >= 15 is 0 Å². The first-order valence-electron chi connectivity index (χ1n) is 11.0.